The highest BCUT2D eigenvalue weighted by molar-refractivity contribution is 8.18. The van der Waals surface area contributed by atoms with Gasteiger partial charge in [0.25, 0.3) is 5.91 Å². The van der Waals surface area contributed by atoms with Crippen LogP contribution in [0, 0.1) is 0 Å². The number of benzene rings is 2. The molecule has 2 aliphatic heterocycles. The Labute approximate surface area is 256 Å². The molecule has 14 heteroatoms. The van der Waals surface area contributed by atoms with Crippen LogP contribution in [0.2, 0.25) is 0 Å². The van der Waals surface area contributed by atoms with Gasteiger partial charge in [-0.05, 0) is 74.0 Å². The number of nitrogens with zero attached hydrogens (tertiary/aromatic N) is 5. The van der Waals surface area contributed by atoms with Gasteiger partial charge in [-0.3, -0.25) is 14.4 Å². The minimum absolute atomic E-state index is 0.0579. The van der Waals surface area contributed by atoms with Crippen molar-refractivity contribution >= 4 is 45.9 Å². The van der Waals surface area contributed by atoms with Crippen LogP contribution < -0.4 is 4.74 Å². The molecule has 1 fully saturated rings. The highest BCUT2D eigenvalue weighted by Gasteiger charge is 2.37. The number of carbonyl (C=O) groups excluding carboxylic acids is 2. The van der Waals surface area contributed by atoms with Crippen LogP contribution in [-0.2, 0) is 22.3 Å². The second-order valence-corrected chi connectivity index (χ2v) is 12.4. The number of hydrogen-bond acceptors (Lipinski definition) is 8. The van der Waals surface area contributed by atoms with Gasteiger partial charge in [0, 0.05) is 25.0 Å². The summed E-state index contributed by atoms with van der Waals surface area (Å²) in [4.78, 5) is 33.4. The highest BCUT2D eigenvalue weighted by Crippen LogP contribution is 2.36. The maximum absolute atomic E-state index is 13.7. The summed E-state index contributed by atoms with van der Waals surface area (Å²) in [6.07, 6.45) is -1.79. The van der Waals surface area contributed by atoms with Crippen molar-refractivity contribution < 1.29 is 37.3 Å². The minimum Gasteiger partial charge on any atom is -0.497 e. The molecule has 234 valence electrons. The first-order valence-electron chi connectivity index (χ1n) is 13.8. The van der Waals surface area contributed by atoms with Crippen molar-refractivity contribution in [3.8, 4) is 5.75 Å². The number of fused-ring (bicyclic) bond motifs is 1. The number of rotatable bonds is 5. The monoisotopic (exact) mass is 631 g/mol. The summed E-state index contributed by atoms with van der Waals surface area (Å²) >= 11 is 1.21. The molecule has 1 N–H and O–H groups in total. The van der Waals surface area contributed by atoms with Crippen LogP contribution in [0.15, 0.2) is 52.5 Å². The van der Waals surface area contributed by atoms with Gasteiger partial charge in [-0.25, -0.2) is 4.79 Å². The van der Waals surface area contributed by atoms with Crippen molar-refractivity contribution in [2.24, 2.45) is 4.99 Å². The lowest BCUT2D eigenvalue weighted by molar-refractivity contribution is -0.138. The van der Waals surface area contributed by atoms with Crippen LogP contribution in [-0.4, -0.2) is 86.8 Å². The summed E-state index contributed by atoms with van der Waals surface area (Å²) in [7, 11) is 1.31. The molecule has 0 spiro atoms. The Morgan fingerprint density at radius 2 is 1.93 bits per heavy atom. The average molecular weight is 632 g/mol. The van der Waals surface area contributed by atoms with Crippen LogP contribution in [0.1, 0.15) is 37.5 Å². The molecule has 0 saturated carbocycles. The lowest BCUT2D eigenvalue weighted by atomic mass is 10.1. The van der Waals surface area contributed by atoms with Gasteiger partial charge >= 0.3 is 12.3 Å². The number of ether oxygens (including phenoxy) is 2. The summed E-state index contributed by atoms with van der Waals surface area (Å²) in [5.41, 5.74) is -0.0572. The molecule has 0 unspecified atom stereocenters. The molecule has 10 nitrogen and oxygen atoms in total. The number of hydrogen-bond donors (Lipinski definition) is 1. The second kappa shape index (κ2) is 12.2. The van der Waals surface area contributed by atoms with Gasteiger partial charge in [0.05, 0.1) is 48.5 Å². The summed E-state index contributed by atoms with van der Waals surface area (Å²) in [6, 6.07) is 8.64. The zero-order chi connectivity index (χ0) is 31.8. The first-order valence-corrected chi connectivity index (χ1v) is 14.6. The van der Waals surface area contributed by atoms with Crippen LogP contribution >= 0.6 is 11.8 Å². The fourth-order valence-corrected chi connectivity index (χ4v) is 5.95. The maximum Gasteiger partial charge on any atom is 0.416 e. The lowest BCUT2D eigenvalue weighted by Gasteiger charge is -2.41. The van der Waals surface area contributed by atoms with Gasteiger partial charge in [0.1, 0.15) is 11.4 Å². The molecule has 0 bridgehead atoms. The van der Waals surface area contributed by atoms with E-state index in [2.05, 4.69) is 10.1 Å². The van der Waals surface area contributed by atoms with Gasteiger partial charge in [0.2, 0.25) is 0 Å². The zero-order valence-electron chi connectivity index (χ0n) is 24.6. The molecule has 1 aromatic heterocycles. The third-order valence-electron chi connectivity index (χ3n) is 7.11. The van der Waals surface area contributed by atoms with Gasteiger partial charge < -0.3 is 19.5 Å². The standard InChI is InChI=1S/C30H32F3N5O5S/c1-29(2,3)43-28(41)37-10-9-36(16-21(37)17-39)27-35-26(40)25(44-27)12-18-5-8-24-20(11-18)14-34-38(24)15-19-6-7-22(42-4)13-23(19)30(31,32)33/h5-8,11-14,21,39H,9-10,15-17H2,1-4H3/t21-/m1/s1. The lowest BCUT2D eigenvalue weighted by Crippen LogP contribution is -2.58. The largest absolute Gasteiger partial charge is 0.497 e. The van der Waals surface area contributed by atoms with E-state index in [0.29, 0.717) is 39.6 Å². The summed E-state index contributed by atoms with van der Waals surface area (Å²) in [5, 5.41) is 15.4. The predicted octanol–water partition coefficient (Wildman–Crippen LogP) is 5.00. The topological polar surface area (TPSA) is 109 Å². The number of thioether (sulfide) groups is 1. The van der Waals surface area contributed by atoms with E-state index in [1.54, 1.807) is 51.2 Å². The molecular formula is C30H32F3N5O5S. The third-order valence-corrected chi connectivity index (χ3v) is 8.15. The number of aliphatic hydroxyl groups is 1. The van der Waals surface area contributed by atoms with Crippen LogP contribution in [0.3, 0.4) is 0 Å². The summed E-state index contributed by atoms with van der Waals surface area (Å²) < 4.78 is 53.0. The molecule has 0 aliphatic carbocycles. The number of carbonyl (C=O) groups is 2. The Hall–Kier alpha value is -4.04. The van der Waals surface area contributed by atoms with Crippen molar-refractivity contribution in [3.63, 3.8) is 0 Å². The summed E-state index contributed by atoms with van der Waals surface area (Å²) in [5.74, 6) is -0.290. The van der Waals surface area contributed by atoms with Gasteiger partial charge in [-0.1, -0.05) is 12.1 Å². The van der Waals surface area contributed by atoms with Crippen molar-refractivity contribution in [1.82, 2.24) is 19.6 Å². The number of aromatic nitrogens is 2. The van der Waals surface area contributed by atoms with E-state index in [9.17, 15) is 27.9 Å². The van der Waals surface area contributed by atoms with E-state index >= 15 is 0 Å². The third kappa shape index (κ3) is 6.86. The van der Waals surface area contributed by atoms with E-state index < -0.39 is 35.4 Å². The summed E-state index contributed by atoms with van der Waals surface area (Å²) in [6.45, 7) is 5.97. The second-order valence-electron chi connectivity index (χ2n) is 11.4. The zero-order valence-corrected chi connectivity index (χ0v) is 25.4. The molecule has 5 rings (SSSR count). The smallest absolute Gasteiger partial charge is 0.416 e. The van der Waals surface area contributed by atoms with Crippen molar-refractivity contribution in [2.75, 3.05) is 33.4 Å². The Balaban J connectivity index is 1.29. The Morgan fingerprint density at radius 3 is 2.61 bits per heavy atom. The Kier molecular flexibility index (Phi) is 8.67. The fourth-order valence-electron chi connectivity index (χ4n) is 5.00. The first-order chi connectivity index (χ1) is 20.8. The molecule has 3 aromatic rings. The number of piperazine rings is 1. The van der Waals surface area contributed by atoms with E-state index in [0.717, 1.165) is 6.07 Å². The van der Waals surface area contributed by atoms with E-state index in [4.69, 9.17) is 9.47 Å². The van der Waals surface area contributed by atoms with Crippen LogP contribution in [0.25, 0.3) is 17.0 Å². The fraction of sp³-hybridized carbons (Fsp3) is 0.400. The number of amides is 2. The van der Waals surface area contributed by atoms with Gasteiger partial charge in [0.15, 0.2) is 5.17 Å². The molecule has 1 saturated heterocycles. The van der Waals surface area contributed by atoms with E-state index in [1.807, 2.05) is 4.90 Å². The van der Waals surface area contributed by atoms with Crippen molar-refractivity contribution in [1.29, 1.82) is 0 Å². The highest BCUT2D eigenvalue weighted by atomic mass is 32.2. The van der Waals surface area contributed by atoms with E-state index in [1.165, 1.54) is 40.6 Å². The Bertz CT molecular complexity index is 1650. The first kappa shape index (κ1) is 31.4. The van der Waals surface area contributed by atoms with Crippen molar-refractivity contribution in [3.05, 3.63) is 64.2 Å². The minimum atomic E-state index is -4.55. The predicted molar refractivity (Wildman–Crippen MR) is 160 cm³/mol. The maximum atomic E-state index is 13.7. The molecule has 1 atom stereocenters. The number of halogens is 3. The molecular weight excluding hydrogens is 599 g/mol. The quantitative estimate of drug-likeness (QED) is 0.392. The Morgan fingerprint density at radius 1 is 1.16 bits per heavy atom. The number of alkyl halides is 3. The van der Waals surface area contributed by atoms with Crippen molar-refractivity contribution in [2.45, 2.75) is 45.1 Å². The molecule has 2 aromatic carbocycles. The molecule has 0 radical (unpaired) electrons. The average Bonchev–Trinajstić information content (AvgIpc) is 3.53. The van der Waals surface area contributed by atoms with E-state index in [-0.39, 0.29) is 31.0 Å². The van der Waals surface area contributed by atoms with Gasteiger partial charge in [-0.15, -0.1) is 0 Å². The normalized spacial score (nSPS) is 18.7. The molecule has 2 amide bonds. The van der Waals surface area contributed by atoms with Gasteiger partial charge in [-0.2, -0.15) is 23.3 Å². The molecule has 2 aliphatic rings. The number of aliphatic imine (C=N–C) groups is 1. The number of methoxy groups -OCH3 is 1. The number of aliphatic hydroxyl groups excluding tert-OH is 1. The van der Waals surface area contributed by atoms with Crippen LogP contribution in [0.5, 0.6) is 5.75 Å². The SMILES string of the molecule is COc1ccc(Cn2ncc3cc(C=C4SC(N5CCN(C(=O)OC(C)(C)C)[C@@H](CO)C5)=NC4=O)ccc32)c(C(F)(F)F)c1. The van der Waals surface area contributed by atoms with Crippen LogP contribution in [0.4, 0.5) is 18.0 Å². The number of amidine groups is 1. The molecule has 44 heavy (non-hydrogen) atoms. The molecule has 3 heterocycles.